The van der Waals surface area contributed by atoms with Crippen molar-refractivity contribution in [1.29, 1.82) is 0 Å². The van der Waals surface area contributed by atoms with Crippen LogP contribution in [-0.4, -0.2) is 12.9 Å². The molecule has 1 rings (SSSR count). The van der Waals surface area contributed by atoms with Crippen LogP contribution in [0.15, 0.2) is 54.7 Å². The first-order chi connectivity index (χ1) is 8.71. The van der Waals surface area contributed by atoms with Crippen LogP contribution in [0, 0.1) is 0 Å². The highest BCUT2D eigenvalue weighted by Gasteiger charge is 2.03. The monoisotopic (exact) mass is 262 g/mol. The first kappa shape index (κ1) is 14.3. The number of carbonyl (C=O) groups excluding carboxylic acids is 1. The van der Waals surface area contributed by atoms with Crippen molar-refractivity contribution in [3.8, 4) is 5.75 Å². The van der Waals surface area contributed by atoms with E-state index >= 15 is 0 Å². The lowest BCUT2D eigenvalue weighted by Gasteiger charge is -2.08. The van der Waals surface area contributed by atoms with E-state index in [4.69, 9.17) is 16.3 Å². The Morgan fingerprint density at radius 2 is 2.28 bits per heavy atom. The van der Waals surface area contributed by atoms with Crippen LogP contribution < -0.4 is 4.74 Å². The van der Waals surface area contributed by atoms with E-state index in [2.05, 4.69) is 6.58 Å². The molecule has 0 N–H and O–H groups in total. The second-order valence-electron chi connectivity index (χ2n) is 3.55. The van der Waals surface area contributed by atoms with E-state index in [1.807, 2.05) is 25.2 Å². The lowest BCUT2D eigenvalue weighted by Crippen LogP contribution is -2.00. The van der Waals surface area contributed by atoms with Crippen molar-refractivity contribution < 1.29 is 9.53 Å². The van der Waals surface area contributed by atoms with Gasteiger partial charge in [0.1, 0.15) is 18.6 Å². The fourth-order valence-corrected chi connectivity index (χ4v) is 1.53. The van der Waals surface area contributed by atoms with Crippen molar-refractivity contribution in [2.75, 3.05) is 6.61 Å². The zero-order valence-electron chi connectivity index (χ0n) is 10.2. The zero-order chi connectivity index (χ0) is 13.4. The molecule has 18 heavy (non-hydrogen) atoms. The Balaban J connectivity index is 2.71. The lowest BCUT2D eigenvalue weighted by molar-refractivity contribution is 0.112. The summed E-state index contributed by atoms with van der Waals surface area (Å²) in [5.74, 6) is 0.564. The number of aldehydes is 1. The smallest absolute Gasteiger partial charge is 0.150 e. The Hall–Kier alpha value is -1.80. The molecule has 3 heteroatoms. The Bertz CT molecular complexity index is 487. The average molecular weight is 263 g/mol. The Labute approximate surface area is 112 Å². The molecule has 0 bridgehead atoms. The molecule has 0 saturated heterocycles. The van der Waals surface area contributed by atoms with Gasteiger partial charge >= 0.3 is 0 Å². The molecule has 0 unspecified atom stereocenters. The molecule has 0 aliphatic rings. The fraction of sp³-hybridized carbons (Fsp3) is 0.133. The highest BCUT2D eigenvalue weighted by Crippen LogP contribution is 2.25. The number of rotatable bonds is 6. The maximum Gasteiger partial charge on any atom is 0.150 e. The van der Waals surface area contributed by atoms with E-state index in [1.54, 1.807) is 24.3 Å². The summed E-state index contributed by atoms with van der Waals surface area (Å²) in [6.07, 6.45) is 8.17. The summed E-state index contributed by atoms with van der Waals surface area (Å²) in [7, 11) is 0. The van der Waals surface area contributed by atoms with E-state index in [-0.39, 0.29) is 0 Å². The van der Waals surface area contributed by atoms with Crippen molar-refractivity contribution >= 4 is 17.9 Å². The van der Waals surface area contributed by atoms with Crippen LogP contribution in [0.4, 0.5) is 0 Å². The first-order valence-electron chi connectivity index (χ1n) is 5.53. The Morgan fingerprint density at radius 3 is 2.83 bits per heavy atom. The molecule has 0 atom stereocenters. The van der Waals surface area contributed by atoms with Crippen LogP contribution in [0.2, 0.25) is 5.02 Å². The maximum absolute atomic E-state index is 10.6. The van der Waals surface area contributed by atoms with Gasteiger partial charge in [-0.25, -0.2) is 0 Å². The molecule has 0 spiro atoms. The number of benzene rings is 1. The van der Waals surface area contributed by atoms with Crippen LogP contribution >= 0.6 is 11.6 Å². The van der Waals surface area contributed by atoms with E-state index < -0.39 is 0 Å². The molecule has 0 heterocycles. The van der Waals surface area contributed by atoms with Gasteiger partial charge in [0.05, 0.1) is 5.02 Å². The molecular formula is C15H15ClO2. The topological polar surface area (TPSA) is 26.3 Å². The second kappa shape index (κ2) is 7.51. The SMILES string of the molecule is C=C/C=C\C(=C/C)COc1ccc(C=O)cc1Cl. The molecule has 94 valence electrons. The quantitative estimate of drug-likeness (QED) is 0.567. The normalized spacial score (nSPS) is 11.6. The largest absolute Gasteiger partial charge is 0.487 e. The van der Waals surface area contributed by atoms with Gasteiger partial charge in [-0.1, -0.05) is 42.5 Å². The van der Waals surface area contributed by atoms with Gasteiger partial charge in [0.25, 0.3) is 0 Å². The van der Waals surface area contributed by atoms with Gasteiger partial charge < -0.3 is 4.74 Å². The number of hydrogen-bond acceptors (Lipinski definition) is 2. The minimum atomic E-state index is 0.418. The van der Waals surface area contributed by atoms with Gasteiger partial charge in [-0.05, 0) is 30.7 Å². The van der Waals surface area contributed by atoms with E-state index in [9.17, 15) is 4.79 Å². The number of hydrogen-bond donors (Lipinski definition) is 0. The Morgan fingerprint density at radius 1 is 1.50 bits per heavy atom. The lowest BCUT2D eigenvalue weighted by atomic mass is 10.2. The third-order valence-electron chi connectivity index (χ3n) is 2.30. The van der Waals surface area contributed by atoms with Crippen molar-refractivity contribution in [3.05, 3.63) is 65.2 Å². The van der Waals surface area contributed by atoms with Crippen LogP contribution in [0.1, 0.15) is 17.3 Å². The third-order valence-corrected chi connectivity index (χ3v) is 2.60. The summed E-state index contributed by atoms with van der Waals surface area (Å²) in [6, 6.07) is 4.94. The van der Waals surface area contributed by atoms with Gasteiger partial charge in [-0.3, -0.25) is 4.79 Å². The van der Waals surface area contributed by atoms with Gasteiger partial charge in [-0.15, -0.1) is 0 Å². The number of halogens is 1. The highest BCUT2D eigenvalue weighted by molar-refractivity contribution is 6.32. The van der Waals surface area contributed by atoms with Gasteiger partial charge in [-0.2, -0.15) is 0 Å². The van der Waals surface area contributed by atoms with E-state index in [0.717, 1.165) is 11.9 Å². The molecule has 0 aliphatic heterocycles. The summed E-state index contributed by atoms with van der Waals surface area (Å²) < 4.78 is 5.58. The van der Waals surface area contributed by atoms with Crippen molar-refractivity contribution in [2.45, 2.75) is 6.92 Å². The van der Waals surface area contributed by atoms with Crippen molar-refractivity contribution in [2.24, 2.45) is 0 Å². The molecule has 1 aromatic carbocycles. The molecular weight excluding hydrogens is 248 g/mol. The Kier molecular flexibility index (Phi) is 5.95. The predicted molar refractivity (Wildman–Crippen MR) is 75.4 cm³/mol. The van der Waals surface area contributed by atoms with Gasteiger partial charge in [0.15, 0.2) is 0 Å². The summed E-state index contributed by atoms with van der Waals surface area (Å²) in [4.78, 5) is 10.6. The minimum absolute atomic E-state index is 0.418. The second-order valence-corrected chi connectivity index (χ2v) is 3.96. The molecule has 0 saturated carbocycles. The molecule has 0 aliphatic carbocycles. The predicted octanol–water partition coefficient (Wildman–Crippen LogP) is 4.22. The van der Waals surface area contributed by atoms with Gasteiger partial charge in [0, 0.05) is 5.56 Å². The zero-order valence-corrected chi connectivity index (χ0v) is 11.0. The number of allylic oxidation sites excluding steroid dienone is 3. The molecule has 2 nitrogen and oxygen atoms in total. The molecule has 0 fully saturated rings. The molecule has 0 radical (unpaired) electrons. The summed E-state index contributed by atoms with van der Waals surface area (Å²) in [5.41, 5.74) is 1.55. The average Bonchev–Trinajstić information content (AvgIpc) is 2.40. The summed E-state index contributed by atoms with van der Waals surface area (Å²) in [6.45, 7) is 5.96. The molecule has 1 aromatic rings. The minimum Gasteiger partial charge on any atom is -0.487 e. The molecule has 0 aromatic heterocycles. The third kappa shape index (κ3) is 4.22. The van der Waals surface area contributed by atoms with Gasteiger partial charge in [0.2, 0.25) is 0 Å². The first-order valence-corrected chi connectivity index (χ1v) is 5.91. The molecule has 0 amide bonds. The summed E-state index contributed by atoms with van der Waals surface area (Å²) >= 11 is 6.00. The van der Waals surface area contributed by atoms with E-state index in [0.29, 0.717) is 22.9 Å². The van der Waals surface area contributed by atoms with Crippen molar-refractivity contribution in [3.63, 3.8) is 0 Å². The van der Waals surface area contributed by atoms with E-state index in [1.165, 1.54) is 0 Å². The highest BCUT2D eigenvalue weighted by atomic mass is 35.5. The standard InChI is InChI=1S/C15H15ClO2/c1-3-5-6-12(4-2)11-18-15-8-7-13(10-17)9-14(15)16/h3-10H,1,11H2,2H3/b6-5-,12-4+. The van der Waals surface area contributed by atoms with Crippen LogP contribution in [0.3, 0.4) is 0 Å². The summed E-state index contributed by atoms with van der Waals surface area (Å²) in [5, 5.41) is 0.433. The van der Waals surface area contributed by atoms with Crippen molar-refractivity contribution in [1.82, 2.24) is 0 Å². The van der Waals surface area contributed by atoms with Crippen LogP contribution in [-0.2, 0) is 0 Å². The van der Waals surface area contributed by atoms with Crippen LogP contribution in [0.25, 0.3) is 0 Å². The van der Waals surface area contributed by atoms with Crippen LogP contribution in [0.5, 0.6) is 5.75 Å². The fourth-order valence-electron chi connectivity index (χ4n) is 1.29. The maximum atomic E-state index is 10.6. The number of carbonyl (C=O) groups is 1. The number of ether oxygens (including phenoxy) is 1.